The van der Waals surface area contributed by atoms with Gasteiger partial charge in [-0.05, 0) is 25.3 Å². The van der Waals surface area contributed by atoms with Crippen molar-refractivity contribution in [3.63, 3.8) is 0 Å². The molecule has 4 nitrogen and oxygen atoms in total. The summed E-state index contributed by atoms with van der Waals surface area (Å²) in [4.78, 5) is 4.24. The van der Waals surface area contributed by atoms with Crippen molar-refractivity contribution in [3.8, 4) is 0 Å². The van der Waals surface area contributed by atoms with E-state index in [1.165, 1.54) is 0 Å². The number of pyridine rings is 1. The molecule has 5 heteroatoms. The lowest BCUT2D eigenvalue weighted by molar-refractivity contribution is 0.288. The van der Waals surface area contributed by atoms with Crippen molar-refractivity contribution in [2.45, 2.75) is 18.2 Å². The molecule has 2 atom stereocenters. The summed E-state index contributed by atoms with van der Waals surface area (Å²) in [6, 6.07) is 6.15. The maximum atomic E-state index is 9.27. The first-order valence-corrected chi connectivity index (χ1v) is 6.87. The van der Waals surface area contributed by atoms with E-state index >= 15 is 0 Å². The fraction of sp³-hybridized carbons (Fsp3) is 0.417. The van der Waals surface area contributed by atoms with E-state index in [1.54, 1.807) is 18.0 Å². The summed E-state index contributed by atoms with van der Waals surface area (Å²) in [7, 11) is 0. The maximum Gasteiger partial charge on any atom is 0.138 e. The number of fused-ring (bicyclic) bond motifs is 1. The number of imidazole rings is 1. The van der Waals surface area contributed by atoms with E-state index in [4.69, 9.17) is 0 Å². The van der Waals surface area contributed by atoms with Crippen LogP contribution in [0.5, 0.6) is 0 Å². The number of anilines is 1. The molecule has 0 spiro atoms. The summed E-state index contributed by atoms with van der Waals surface area (Å²) in [5.74, 6) is 1.00. The van der Waals surface area contributed by atoms with Crippen LogP contribution in [0.15, 0.2) is 30.6 Å². The topological polar surface area (TPSA) is 49.6 Å². The zero-order valence-corrected chi connectivity index (χ0v) is 10.8. The van der Waals surface area contributed by atoms with Gasteiger partial charge < -0.3 is 10.4 Å². The molecule has 0 amide bonds. The third kappa shape index (κ3) is 2.56. The first kappa shape index (κ1) is 12.3. The highest BCUT2D eigenvalue weighted by Gasteiger charge is 2.15. The lowest BCUT2D eigenvalue weighted by Gasteiger charge is -2.22. The average molecular weight is 251 g/mol. The van der Waals surface area contributed by atoms with Gasteiger partial charge in [-0.25, -0.2) is 4.98 Å². The molecule has 0 saturated carbocycles. The number of nitrogens with zero attached hydrogens (tertiary/aromatic N) is 2. The molecule has 0 bridgehead atoms. The molecule has 0 aliphatic rings. The fourth-order valence-corrected chi connectivity index (χ4v) is 2.45. The Balaban J connectivity index is 2.20. The van der Waals surface area contributed by atoms with Gasteiger partial charge in [-0.3, -0.25) is 4.40 Å². The molecule has 2 unspecified atom stereocenters. The molecule has 2 aromatic heterocycles. The van der Waals surface area contributed by atoms with E-state index in [1.807, 2.05) is 35.1 Å². The molecule has 0 aliphatic heterocycles. The monoisotopic (exact) mass is 251 g/mol. The minimum Gasteiger partial charge on any atom is -0.395 e. The lowest BCUT2D eigenvalue weighted by Crippen LogP contribution is -2.31. The van der Waals surface area contributed by atoms with E-state index in [9.17, 15) is 5.11 Å². The highest BCUT2D eigenvalue weighted by Crippen LogP contribution is 2.17. The van der Waals surface area contributed by atoms with Gasteiger partial charge in [0, 0.05) is 23.7 Å². The number of rotatable bonds is 5. The van der Waals surface area contributed by atoms with Crippen LogP contribution in [-0.2, 0) is 0 Å². The predicted octanol–water partition coefficient (Wildman–Crippen LogP) is 1.86. The van der Waals surface area contributed by atoms with Gasteiger partial charge in [0.05, 0.1) is 6.61 Å². The number of hydrogen-bond acceptors (Lipinski definition) is 4. The molecular formula is C12H17N3OS. The van der Waals surface area contributed by atoms with Crippen molar-refractivity contribution in [2.75, 3.05) is 18.2 Å². The fourth-order valence-electron chi connectivity index (χ4n) is 1.83. The zero-order chi connectivity index (χ0) is 12.3. The Morgan fingerprint density at radius 1 is 1.53 bits per heavy atom. The number of aromatic nitrogens is 2. The smallest absolute Gasteiger partial charge is 0.138 e. The molecule has 2 heterocycles. The van der Waals surface area contributed by atoms with Gasteiger partial charge in [0.2, 0.25) is 0 Å². The summed E-state index contributed by atoms with van der Waals surface area (Å²) in [6.07, 6.45) is 5.72. The van der Waals surface area contributed by atoms with E-state index in [2.05, 4.69) is 17.2 Å². The van der Waals surface area contributed by atoms with Crippen LogP contribution in [0.1, 0.15) is 6.92 Å². The van der Waals surface area contributed by atoms with Crippen LogP contribution in [-0.4, -0.2) is 38.6 Å². The van der Waals surface area contributed by atoms with Crippen LogP contribution in [0.3, 0.4) is 0 Å². The SMILES string of the molecule is CSC(CO)C(C)Nc1cccc2nccn12. The minimum absolute atomic E-state index is 0.176. The van der Waals surface area contributed by atoms with Gasteiger partial charge in [0.1, 0.15) is 11.5 Å². The summed E-state index contributed by atoms with van der Waals surface area (Å²) in [6.45, 7) is 2.25. The molecule has 0 aliphatic carbocycles. The lowest BCUT2D eigenvalue weighted by atomic mass is 10.2. The Labute approximate surface area is 105 Å². The molecule has 0 fully saturated rings. The van der Waals surface area contributed by atoms with Crippen LogP contribution >= 0.6 is 11.8 Å². The number of aliphatic hydroxyl groups is 1. The van der Waals surface area contributed by atoms with Crippen molar-refractivity contribution < 1.29 is 5.11 Å². The van der Waals surface area contributed by atoms with Gasteiger partial charge in [-0.2, -0.15) is 11.8 Å². The van der Waals surface area contributed by atoms with Crippen molar-refractivity contribution >= 4 is 23.2 Å². The van der Waals surface area contributed by atoms with Crippen LogP contribution in [0.4, 0.5) is 5.82 Å². The first-order chi connectivity index (χ1) is 8.26. The van der Waals surface area contributed by atoms with E-state index in [-0.39, 0.29) is 17.9 Å². The van der Waals surface area contributed by atoms with E-state index < -0.39 is 0 Å². The maximum absolute atomic E-state index is 9.27. The predicted molar refractivity (Wildman–Crippen MR) is 72.7 cm³/mol. The second-order valence-electron chi connectivity index (χ2n) is 3.96. The molecule has 0 aromatic carbocycles. The number of aliphatic hydroxyl groups excluding tert-OH is 1. The number of thioether (sulfide) groups is 1. The first-order valence-electron chi connectivity index (χ1n) is 5.58. The normalized spacial score (nSPS) is 14.8. The molecule has 17 heavy (non-hydrogen) atoms. The molecule has 92 valence electrons. The Morgan fingerprint density at radius 3 is 3.06 bits per heavy atom. The molecular weight excluding hydrogens is 234 g/mol. The standard InChI is InChI=1S/C12H17N3OS/c1-9(10(8-16)17-2)14-12-5-3-4-11-13-6-7-15(11)12/h3-7,9-10,14,16H,8H2,1-2H3. The third-order valence-electron chi connectivity index (χ3n) is 2.84. The highest BCUT2D eigenvalue weighted by atomic mass is 32.2. The van der Waals surface area contributed by atoms with Crippen molar-refractivity contribution in [1.82, 2.24) is 9.38 Å². The van der Waals surface area contributed by atoms with E-state index in [0.29, 0.717) is 0 Å². The second-order valence-corrected chi connectivity index (χ2v) is 5.03. The molecule has 0 radical (unpaired) electrons. The summed E-state index contributed by atoms with van der Waals surface area (Å²) in [5.41, 5.74) is 0.923. The Kier molecular flexibility index (Phi) is 3.91. The van der Waals surface area contributed by atoms with Crippen molar-refractivity contribution in [3.05, 3.63) is 30.6 Å². The minimum atomic E-state index is 0.176. The Bertz CT molecular complexity index is 481. The van der Waals surface area contributed by atoms with Crippen LogP contribution < -0.4 is 5.32 Å². The van der Waals surface area contributed by atoms with Crippen LogP contribution in [0, 0.1) is 0 Å². The quantitative estimate of drug-likeness (QED) is 0.851. The van der Waals surface area contributed by atoms with E-state index in [0.717, 1.165) is 11.5 Å². The second kappa shape index (κ2) is 5.42. The van der Waals surface area contributed by atoms with Crippen LogP contribution in [0.25, 0.3) is 5.65 Å². The summed E-state index contributed by atoms with van der Waals surface area (Å²) in [5, 5.41) is 12.9. The van der Waals surface area contributed by atoms with Crippen LogP contribution in [0.2, 0.25) is 0 Å². The Morgan fingerprint density at radius 2 is 2.35 bits per heavy atom. The average Bonchev–Trinajstić information content (AvgIpc) is 2.80. The number of nitrogens with one attached hydrogen (secondary N) is 1. The van der Waals surface area contributed by atoms with Crippen molar-refractivity contribution in [2.24, 2.45) is 0 Å². The van der Waals surface area contributed by atoms with Gasteiger partial charge in [-0.1, -0.05) is 6.07 Å². The highest BCUT2D eigenvalue weighted by molar-refractivity contribution is 7.99. The molecule has 2 aromatic rings. The van der Waals surface area contributed by atoms with Gasteiger partial charge in [0.25, 0.3) is 0 Å². The summed E-state index contributed by atoms with van der Waals surface area (Å²) < 4.78 is 2.01. The molecule has 2 N–H and O–H groups in total. The van der Waals surface area contributed by atoms with Gasteiger partial charge in [-0.15, -0.1) is 0 Å². The largest absolute Gasteiger partial charge is 0.395 e. The third-order valence-corrected chi connectivity index (χ3v) is 4.01. The number of hydrogen-bond donors (Lipinski definition) is 2. The van der Waals surface area contributed by atoms with Gasteiger partial charge >= 0.3 is 0 Å². The summed E-state index contributed by atoms with van der Waals surface area (Å²) >= 11 is 1.67. The zero-order valence-electron chi connectivity index (χ0n) is 10.00. The van der Waals surface area contributed by atoms with Gasteiger partial charge in [0.15, 0.2) is 0 Å². The molecule has 0 saturated heterocycles. The van der Waals surface area contributed by atoms with Crippen molar-refractivity contribution in [1.29, 1.82) is 0 Å². The molecule has 2 rings (SSSR count). The Hall–Kier alpha value is -1.20.